The van der Waals surface area contributed by atoms with Crippen LogP contribution in [0.15, 0.2) is 29.0 Å². The van der Waals surface area contributed by atoms with Crippen LogP contribution in [0.25, 0.3) is 11.1 Å². The van der Waals surface area contributed by atoms with Gasteiger partial charge in [-0.2, -0.15) is 0 Å². The lowest BCUT2D eigenvalue weighted by atomic mass is 9.95. The van der Waals surface area contributed by atoms with Crippen LogP contribution in [0.2, 0.25) is 0 Å². The van der Waals surface area contributed by atoms with Crippen molar-refractivity contribution >= 4 is 16.9 Å². The van der Waals surface area contributed by atoms with Crippen molar-refractivity contribution in [1.29, 1.82) is 0 Å². The quantitative estimate of drug-likeness (QED) is 0.803. The van der Waals surface area contributed by atoms with Gasteiger partial charge in [0.15, 0.2) is 17.8 Å². The molecule has 0 saturated heterocycles. The molecule has 1 N–H and O–H groups in total. The lowest BCUT2D eigenvalue weighted by molar-refractivity contribution is 0.0916. The molecular formula is C13H16N2O2. The SMILES string of the molecule is CCC(CNC)C(=O)c1ccc2ncoc2c1. The number of ketones is 1. The van der Waals surface area contributed by atoms with Crippen molar-refractivity contribution in [2.24, 2.45) is 5.92 Å². The molecule has 2 rings (SSSR count). The summed E-state index contributed by atoms with van der Waals surface area (Å²) >= 11 is 0. The van der Waals surface area contributed by atoms with Crippen molar-refractivity contribution in [1.82, 2.24) is 10.3 Å². The molecule has 0 spiro atoms. The Balaban J connectivity index is 2.28. The van der Waals surface area contributed by atoms with Crippen molar-refractivity contribution in [3.8, 4) is 0 Å². The van der Waals surface area contributed by atoms with E-state index in [0.717, 1.165) is 11.9 Å². The summed E-state index contributed by atoms with van der Waals surface area (Å²) in [7, 11) is 1.86. The molecule has 0 amide bonds. The van der Waals surface area contributed by atoms with E-state index in [-0.39, 0.29) is 11.7 Å². The van der Waals surface area contributed by atoms with Crippen LogP contribution in [-0.2, 0) is 0 Å². The van der Waals surface area contributed by atoms with Gasteiger partial charge in [0.05, 0.1) is 0 Å². The molecule has 0 aliphatic rings. The highest BCUT2D eigenvalue weighted by Crippen LogP contribution is 2.18. The zero-order valence-corrected chi connectivity index (χ0v) is 10.1. The molecule has 90 valence electrons. The molecule has 4 nitrogen and oxygen atoms in total. The van der Waals surface area contributed by atoms with Crippen molar-refractivity contribution in [2.75, 3.05) is 13.6 Å². The summed E-state index contributed by atoms with van der Waals surface area (Å²) in [4.78, 5) is 16.3. The van der Waals surface area contributed by atoms with Crippen molar-refractivity contribution in [3.05, 3.63) is 30.2 Å². The second kappa shape index (κ2) is 5.10. The van der Waals surface area contributed by atoms with Gasteiger partial charge in [0.2, 0.25) is 0 Å². The van der Waals surface area contributed by atoms with Crippen LogP contribution < -0.4 is 5.32 Å². The molecular weight excluding hydrogens is 216 g/mol. The molecule has 0 bridgehead atoms. The zero-order chi connectivity index (χ0) is 12.3. The molecule has 4 heteroatoms. The third kappa shape index (κ3) is 2.36. The van der Waals surface area contributed by atoms with E-state index in [2.05, 4.69) is 10.3 Å². The molecule has 0 aliphatic carbocycles. The minimum atomic E-state index is 0.0142. The predicted molar refractivity (Wildman–Crippen MR) is 66.0 cm³/mol. The summed E-state index contributed by atoms with van der Waals surface area (Å²) in [6, 6.07) is 5.40. The van der Waals surface area contributed by atoms with Gasteiger partial charge in [-0.1, -0.05) is 6.92 Å². The topological polar surface area (TPSA) is 55.1 Å². The highest BCUT2D eigenvalue weighted by Gasteiger charge is 2.18. The standard InChI is InChI=1S/C13H16N2O2/c1-3-9(7-14-2)13(16)10-4-5-11-12(6-10)17-8-15-11/h4-6,8-9,14H,3,7H2,1-2H3. The van der Waals surface area contributed by atoms with Gasteiger partial charge in [-0.3, -0.25) is 4.79 Å². The number of rotatable bonds is 5. The molecule has 1 heterocycles. The fourth-order valence-electron chi connectivity index (χ4n) is 1.91. The first-order chi connectivity index (χ1) is 8.26. The Morgan fingerprint density at radius 2 is 2.35 bits per heavy atom. The normalized spacial score (nSPS) is 12.8. The van der Waals surface area contributed by atoms with Crippen LogP contribution in [0.5, 0.6) is 0 Å². The lowest BCUT2D eigenvalue weighted by Gasteiger charge is -2.12. The van der Waals surface area contributed by atoms with E-state index in [0.29, 0.717) is 17.7 Å². The summed E-state index contributed by atoms with van der Waals surface area (Å²) < 4.78 is 5.20. The van der Waals surface area contributed by atoms with Crippen molar-refractivity contribution < 1.29 is 9.21 Å². The molecule has 2 aromatic rings. The Hall–Kier alpha value is -1.68. The van der Waals surface area contributed by atoms with Gasteiger partial charge in [0, 0.05) is 18.0 Å². The molecule has 0 radical (unpaired) electrons. The number of hydrogen-bond donors (Lipinski definition) is 1. The Kier molecular flexibility index (Phi) is 3.54. The van der Waals surface area contributed by atoms with Gasteiger partial charge in [-0.15, -0.1) is 0 Å². The monoisotopic (exact) mass is 232 g/mol. The number of nitrogens with one attached hydrogen (secondary N) is 1. The maximum atomic E-state index is 12.2. The van der Waals surface area contributed by atoms with Gasteiger partial charge < -0.3 is 9.73 Å². The van der Waals surface area contributed by atoms with Crippen LogP contribution in [-0.4, -0.2) is 24.4 Å². The van der Waals surface area contributed by atoms with Gasteiger partial charge in [-0.25, -0.2) is 4.98 Å². The van der Waals surface area contributed by atoms with Crippen LogP contribution in [0, 0.1) is 5.92 Å². The number of fused-ring (bicyclic) bond motifs is 1. The van der Waals surface area contributed by atoms with Crippen molar-refractivity contribution in [2.45, 2.75) is 13.3 Å². The fraction of sp³-hybridized carbons (Fsp3) is 0.385. The number of hydrogen-bond acceptors (Lipinski definition) is 4. The van der Waals surface area contributed by atoms with E-state index in [1.54, 1.807) is 6.07 Å². The molecule has 17 heavy (non-hydrogen) atoms. The number of Topliss-reactive ketones (excluding diaryl/α,β-unsaturated/α-hetero) is 1. The van der Waals surface area contributed by atoms with Crippen LogP contribution in [0.3, 0.4) is 0 Å². The largest absolute Gasteiger partial charge is 0.443 e. The third-order valence-electron chi connectivity index (χ3n) is 2.93. The first-order valence-corrected chi connectivity index (χ1v) is 5.78. The van der Waals surface area contributed by atoms with Gasteiger partial charge in [0.25, 0.3) is 0 Å². The van der Waals surface area contributed by atoms with Gasteiger partial charge in [-0.05, 0) is 31.7 Å². The number of aromatic nitrogens is 1. The Labute approximate surface area is 100 Å². The molecule has 0 aliphatic heterocycles. The predicted octanol–water partition coefficient (Wildman–Crippen LogP) is 2.26. The molecule has 1 unspecified atom stereocenters. The second-order valence-corrected chi connectivity index (χ2v) is 4.06. The lowest BCUT2D eigenvalue weighted by Crippen LogP contribution is -2.25. The summed E-state index contributed by atoms with van der Waals surface area (Å²) in [5, 5.41) is 3.04. The Morgan fingerprint density at radius 1 is 1.53 bits per heavy atom. The number of nitrogens with zero attached hydrogens (tertiary/aromatic N) is 1. The summed E-state index contributed by atoms with van der Waals surface area (Å²) in [6.07, 6.45) is 2.22. The molecule has 0 saturated carbocycles. The zero-order valence-electron chi connectivity index (χ0n) is 10.1. The number of carbonyl (C=O) groups is 1. The summed E-state index contributed by atoms with van der Waals surface area (Å²) in [5.41, 5.74) is 2.13. The fourth-order valence-corrected chi connectivity index (χ4v) is 1.91. The van der Waals surface area contributed by atoms with Gasteiger partial charge >= 0.3 is 0 Å². The molecule has 0 fully saturated rings. The minimum absolute atomic E-state index is 0.0142. The Bertz CT molecular complexity index is 519. The summed E-state index contributed by atoms with van der Waals surface area (Å²) in [5.74, 6) is 0.167. The molecule has 1 atom stereocenters. The number of oxazole rings is 1. The average Bonchev–Trinajstić information content (AvgIpc) is 2.82. The van der Waals surface area contributed by atoms with Crippen LogP contribution in [0.1, 0.15) is 23.7 Å². The first kappa shape index (κ1) is 11.8. The van der Waals surface area contributed by atoms with E-state index < -0.39 is 0 Å². The molecule has 1 aromatic heterocycles. The maximum absolute atomic E-state index is 12.2. The van der Waals surface area contributed by atoms with E-state index in [9.17, 15) is 4.79 Å². The molecule has 1 aromatic carbocycles. The number of carbonyl (C=O) groups excluding carboxylic acids is 1. The van der Waals surface area contributed by atoms with E-state index >= 15 is 0 Å². The smallest absolute Gasteiger partial charge is 0.181 e. The highest BCUT2D eigenvalue weighted by atomic mass is 16.3. The average molecular weight is 232 g/mol. The minimum Gasteiger partial charge on any atom is -0.443 e. The van der Waals surface area contributed by atoms with E-state index in [1.165, 1.54) is 6.39 Å². The van der Waals surface area contributed by atoms with Crippen LogP contribution >= 0.6 is 0 Å². The number of benzene rings is 1. The first-order valence-electron chi connectivity index (χ1n) is 5.78. The highest BCUT2D eigenvalue weighted by molar-refractivity contribution is 6.00. The van der Waals surface area contributed by atoms with Gasteiger partial charge in [0.1, 0.15) is 5.52 Å². The third-order valence-corrected chi connectivity index (χ3v) is 2.93. The second-order valence-electron chi connectivity index (χ2n) is 4.06. The van der Waals surface area contributed by atoms with Crippen LogP contribution in [0.4, 0.5) is 0 Å². The Morgan fingerprint density at radius 3 is 3.06 bits per heavy atom. The van der Waals surface area contributed by atoms with E-state index in [1.807, 2.05) is 26.1 Å². The van der Waals surface area contributed by atoms with E-state index in [4.69, 9.17) is 4.42 Å². The van der Waals surface area contributed by atoms with Crippen molar-refractivity contribution in [3.63, 3.8) is 0 Å². The summed E-state index contributed by atoms with van der Waals surface area (Å²) in [6.45, 7) is 2.72. The maximum Gasteiger partial charge on any atom is 0.181 e.